The first-order valence-electron chi connectivity index (χ1n) is 7.63. The summed E-state index contributed by atoms with van der Waals surface area (Å²) in [6.07, 6.45) is 8.15. The van der Waals surface area contributed by atoms with Crippen molar-refractivity contribution in [2.24, 2.45) is 23.5 Å². The molecule has 1 saturated carbocycles. The Morgan fingerprint density at radius 1 is 1.12 bits per heavy atom. The van der Waals surface area contributed by atoms with Crippen LogP contribution < -0.4 is 5.73 Å². The van der Waals surface area contributed by atoms with Gasteiger partial charge in [0.25, 0.3) is 0 Å². The van der Waals surface area contributed by atoms with Crippen molar-refractivity contribution in [3.05, 3.63) is 0 Å². The Morgan fingerprint density at radius 2 is 1.94 bits per heavy atom. The molecule has 2 N–H and O–H groups in total. The molecule has 100 valence electrons. The largest absolute Gasteiger partial charge is 0.328 e. The van der Waals surface area contributed by atoms with Gasteiger partial charge in [0.2, 0.25) is 0 Å². The van der Waals surface area contributed by atoms with Gasteiger partial charge in [-0.1, -0.05) is 13.8 Å². The summed E-state index contributed by atoms with van der Waals surface area (Å²) in [6.45, 7) is 8.74. The first kappa shape index (κ1) is 13.4. The minimum atomic E-state index is 0.496. The van der Waals surface area contributed by atoms with Crippen LogP contribution in [0.2, 0.25) is 0 Å². The number of nitrogens with zero attached hydrogens (tertiary/aromatic N) is 1. The van der Waals surface area contributed by atoms with Crippen molar-refractivity contribution >= 4 is 0 Å². The van der Waals surface area contributed by atoms with Crippen molar-refractivity contribution in [1.29, 1.82) is 0 Å². The minimum Gasteiger partial charge on any atom is -0.328 e. The quantitative estimate of drug-likeness (QED) is 0.819. The van der Waals surface area contributed by atoms with E-state index in [0.29, 0.717) is 6.04 Å². The van der Waals surface area contributed by atoms with Crippen LogP contribution in [0.25, 0.3) is 0 Å². The third-order valence-electron chi connectivity index (χ3n) is 4.91. The van der Waals surface area contributed by atoms with Crippen LogP contribution in [0, 0.1) is 17.8 Å². The lowest BCUT2D eigenvalue weighted by Gasteiger charge is -2.24. The second kappa shape index (κ2) is 6.19. The molecule has 1 aliphatic heterocycles. The molecule has 17 heavy (non-hydrogen) atoms. The zero-order valence-corrected chi connectivity index (χ0v) is 11.7. The van der Waals surface area contributed by atoms with E-state index in [9.17, 15) is 0 Å². The second-order valence-corrected chi connectivity index (χ2v) is 6.67. The summed E-state index contributed by atoms with van der Waals surface area (Å²) >= 11 is 0. The fraction of sp³-hybridized carbons (Fsp3) is 1.00. The van der Waals surface area contributed by atoms with Crippen LogP contribution in [0.1, 0.15) is 52.4 Å². The lowest BCUT2D eigenvalue weighted by atomic mass is 9.89. The number of likely N-dealkylation sites (tertiary alicyclic amines) is 1. The predicted molar refractivity (Wildman–Crippen MR) is 73.9 cm³/mol. The summed E-state index contributed by atoms with van der Waals surface area (Å²) in [5.41, 5.74) is 6.00. The fourth-order valence-corrected chi connectivity index (χ4v) is 3.68. The molecule has 2 aliphatic rings. The molecule has 3 atom stereocenters. The number of nitrogens with two attached hydrogens (primary N) is 1. The molecule has 0 aromatic heterocycles. The predicted octanol–water partition coefficient (Wildman–Crippen LogP) is 2.87. The van der Waals surface area contributed by atoms with Crippen molar-refractivity contribution in [1.82, 2.24) is 4.90 Å². The molecule has 0 bridgehead atoms. The summed E-state index contributed by atoms with van der Waals surface area (Å²) in [7, 11) is 0. The van der Waals surface area contributed by atoms with E-state index in [4.69, 9.17) is 5.73 Å². The van der Waals surface area contributed by atoms with E-state index in [-0.39, 0.29) is 0 Å². The topological polar surface area (TPSA) is 29.3 Å². The molecular weight excluding hydrogens is 208 g/mol. The third kappa shape index (κ3) is 3.96. The zero-order chi connectivity index (χ0) is 12.3. The zero-order valence-electron chi connectivity index (χ0n) is 11.7. The Labute approximate surface area is 107 Å². The van der Waals surface area contributed by atoms with Gasteiger partial charge in [-0.15, -0.1) is 0 Å². The van der Waals surface area contributed by atoms with E-state index in [2.05, 4.69) is 18.7 Å². The Hall–Kier alpha value is -0.0800. The molecular formula is C15H30N2. The van der Waals surface area contributed by atoms with Gasteiger partial charge in [-0.2, -0.15) is 0 Å². The monoisotopic (exact) mass is 238 g/mol. The van der Waals surface area contributed by atoms with Crippen molar-refractivity contribution in [2.75, 3.05) is 19.6 Å². The van der Waals surface area contributed by atoms with Crippen LogP contribution in [-0.4, -0.2) is 30.6 Å². The van der Waals surface area contributed by atoms with E-state index in [0.717, 1.165) is 17.8 Å². The molecule has 1 saturated heterocycles. The van der Waals surface area contributed by atoms with Crippen LogP contribution in [0.4, 0.5) is 0 Å². The lowest BCUT2D eigenvalue weighted by Crippen LogP contribution is -2.30. The van der Waals surface area contributed by atoms with Crippen LogP contribution >= 0.6 is 0 Å². The Morgan fingerprint density at radius 3 is 2.59 bits per heavy atom. The van der Waals surface area contributed by atoms with Crippen LogP contribution in [0.5, 0.6) is 0 Å². The van der Waals surface area contributed by atoms with Gasteiger partial charge >= 0.3 is 0 Å². The van der Waals surface area contributed by atoms with Crippen molar-refractivity contribution in [2.45, 2.75) is 58.4 Å². The van der Waals surface area contributed by atoms with E-state index in [1.165, 1.54) is 58.2 Å². The molecule has 1 aliphatic carbocycles. The second-order valence-electron chi connectivity index (χ2n) is 6.67. The molecule has 0 spiro atoms. The van der Waals surface area contributed by atoms with E-state index in [1.54, 1.807) is 0 Å². The first-order valence-corrected chi connectivity index (χ1v) is 7.63. The molecule has 3 unspecified atom stereocenters. The highest BCUT2D eigenvalue weighted by atomic mass is 15.1. The van der Waals surface area contributed by atoms with Crippen molar-refractivity contribution in [3.8, 4) is 0 Å². The van der Waals surface area contributed by atoms with Crippen molar-refractivity contribution < 1.29 is 0 Å². The summed E-state index contributed by atoms with van der Waals surface area (Å²) in [5.74, 6) is 2.72. The van der Waals surface area contributed by atoms with Crippen LogP contribution in [0.3, 0.4) is 0 Å². The summed E-state index contributed by atoms with van der Waals surface area (Å²) in [4.78, 5) is 2.71. The van der Waals surface area contributed by atoms with Gasteiger partial charge in [0.15, 0.2) is 0 Å². The van der Waals surface area contributed by atoms with Crippen LogP contribution in [-0.2, 0) is 0 Å². The lowest BCUT2D eigenvalue weighted by molar-refractivity contribution is 0.232. The molecule has 0 aromatic carbocycles. The normalized spacial score (nSPS) is 36.4. The first-order chi connectivity index (χ1) is 8.15. The van der Waals surface area contributed by atoms with Crippen LogP contribution in [0.15, 0.2) is 0 Å². The molecule has 0 radical (unpaired) electrons. The van der Waals surface area contributed by atoms with Gasteiger partial charge in [-0.25, -0.2) is 0 Å². The van der Waals surface area contributed by atoms with Gasteiger partial charge in [-0.05, 0) is 69.4 Å². The molecule has 2 nitrogen and oxygen atoms in total. The van der Waals surface area contributed by atoms with Gasteiger partial charge in [0.1, 0.15) is 0 Å². The molecule has 2 heteroatoms. The van der Waals surface area contributed by atoms with E-state index in [1.807, 2.05) is 0 Å². The number of hydrogen-bond acceptors (Lipinski definition) is 2. The maximum atomic E-state index is 6.00. The highest BCUT2D eigenvalue weighted by molar-refractivity contribution is 4.81. The van der Waals surface area contributed by atoms with Gasteiger partial charge in [-0.3, -0.25) is 0 Å². The van der Waals surface area contributed by atoms with Gasteiger partial charge < -0.3 is 10.6 Å². The van der Waals surface area contributed by atoms with Gasteiger partial charge in [0, 0.05) is 12.6 Å². The van der Waals surface area contributed by atoms with E-state index < -0.39 is 0 Å². The number of hydrogen-bond donors (Lipinski definition) is 1. The molecule has 1 heterocycles. The highest BCUT2D eigenvalue weighted by Crippen LogP contribution is 2.28. The minimum absolute atomic E-state index is 0.496. The Bertz CT molecular complexity index is 227. The third-order valence-corrected chi connectivity index (χ3v) is 4.91. The Kier molecular flexibility index (Phi) is 4.87. The standard InChI is InChI=1S/C15H30N2/c1-12(2)14-4-3-8-17(9-7-14)11-13-5-6-15(16)10-13/h12-15H,3-11,16H2,1-2H3. The molecule has 2 fully saturated rings. The summed E-state index contributed by atoms with van der Waals surface area (Å²) in [5, 5.41) is 0. The summed E-state index contributed by atoms with van der Waals surface area (Å²) in [6, 6.07) is 0.496. The average molecular weight is 238 g/mol. The molecule has 2 rings (SSSR count). The average Bonchev–Trinajstić information content (AvgIpc) is 2.54. The maximum Gasteiger partial charge on any atom is 0.00420 e. The molecule has 0 aromatic rings. The Balaban J connectivity index is 1.75. The SMILES string of the molecule is CC(C)C1CCCN(CC2CCC(N)C2)CC1. The van der Waals surface area contributed by atoms with E-state index >= 15 is 0 Å². The van der Waals surface area contributed by atoms with Crippen molar-refractivity contribution in [3.63, 3.8) is 0 Å². The number of rotatable bonds is 3. The smallest absolute Gasteiger partial charge is 0.00420 e. The maximum absolute atomic E-state index is 6.00. The summed E-state index contributed by atoms with van der Waals surface area (Å²) < 4.78 is 0. The molecule has 0 amide bonds. The highest BCUT2D eigenvalue weighted by Gasteiger charge is 2.25. The fourth-order valence-electron chi connectivity index (χ4n) is 3.68. The van der Waals surface area contributed by atoms with Gasteiger partial charge in [0.05, 0.1) is 0 Å².